The minimum atomic E-state index is -2.91. The maximum atomic E-state index is 11.1. The van der Waals surface area contributed by atoms with Crippen LogP contribution in [0.1, 0.15) is 18.9 Å². The molecule has 118 valence electrons. The predicted molar refractivity (Wildman–Crippen MR) is 88.4 cm³/mol. The monoisotopic (exact) mass is 311 g/mol. The summed E-state index contributed by atoms with van der Waals surface area (Å²) < 4.78 is 22.3. The van der Waals surface area contributed by atoms with E-state index in [-0.39, 0.29) is 11.8 Å². The van der Waals surface area contributed by atoms with Crippen LogP contribution in [0.15, 0.2) is 35.3 Å². The average molecular weight is 311 g/mol. The Labute approximate surface area is 127 Å². The third-order valence-corrected chi connectivity index (χ3v) is 4.05. The molecule has 0 aliphatic rings. The van der Waals surface area contributed by atoms with Crippen LogP contribution in [0.3, 0.4) is 0 Å². The lowest BCUT2D eigenvalue weighted by atomic mass is 10.1. The first-order valence-electron chi connectivity index (χ1n) is 7.09. The third kappa shape index (κ3) is 8.34. The van der Waals surface area contributed by atoms with Gasteiger partial charge in [-0.15, -0.1) is 0 Å². The number of guanidine groups is 1. The fourth-order valence-corrected chi connectivity index (χ4v) is 2.64. The normalized spacial score (nSPS) is 13.8. The smallest absolute Gasteiger partial charge is 0.191 e. The Balaban J connectivity index is 2.32. The van der Waals surface area contributed by atoms with Crippen molar-refractivity contribution in [3.8, 4) is 0 Å². The Morgan fingerprint density at radius 3 is 2.52 bits per heavy atom. The fraction of sp³-hybridized carbons (Fsp3) is 0.533. The Hall–Kier alpha value is -1.56. The Kier molecular flexibility index (Phi) is 7.22. The van der Waals surface area contributed by atoms with E-state index >= 15 is 0 Å². The number of sulfone groups is 1. The summed E-state index contributed by atoms with van der Waals surface area (Å²) in [6, 6.07) is 10.3. The zero-order valence-corrected chi connectivity index (χ0v) is 13.8. The van der Waals surface area contributed by atoms with E-state index in [2.05, 4.69) is 27.8 Å². The first-order chi connectivity index (χ1) is 9.90. The van der Waals surface area contributed by atoms with E-state index in [9.17, 15) is 8.42 Å². The molecule has 2 N–H and O–H groups in total. The molecule has 1 rings (SSSR count). The second-order valence-corrected chi connectivity index (χ2v) is 7.46. The minimum Gasteiger partial charge on any atom is -0.356 e. The van der Waals surface area contributed by atoms with Gasteiger partial charge in [0, 0.05) is 25.9 Å². The largest absolute Gasteiger partial charge is 0.356 e. The van der Waals surface area contributed by atoms with Gasteiger partial charge in [-0.05, 0) is 25.3 Å². The molecule has 0 aliphatic heterocycles. The molecule has 5 nitrogen and oxygen atoms in total. The van der Waals surface area contributed by atoms with Gasteiger partial charge in [-0.2, -0.15) is 0 Å². The highest BCUT2D eigenvalue weighted by Crippen LogP contribution is 1.98. The van der Waals surface area contributed by atoms with Crippen molar-refractivity contribution < 1.29 is 8.42 Å². The second-order valence-electron chi connectivity index (χ2n) is 5.20. The maximum Gasteiger partial charge on any atom is 0.191 e. The van der Waals surface area contributed by atoms with Gasteiger partial charge in [-0.3, -0.25) is 4.99 Å². The lowest BCUT2D eigenvalue weighted by molar-refractivity contribution is 0.581. The van der Waals surface area contributed by atoms with E-state index in [0.717, 1.165) is 13.0 Å². The highest BCUT2D eigenvalue weighted by Gasteiger charge is 2.09. The van der Waals surface area contributed by atoms with E-state index in [1.165, 1.54) is 11.8 Å². The summed E-state index contributed by atoms with van der Waals surface area (Å²) in [5.74, 6) is 0.884. The molecule has 0 saturated heterocycles. The first-order valence-corrected chi connectivity index (χ1v) is 9.15. The van der Waals surface area contributed by atoms with Crippen LogP contribution in [-0.4, -0.2) is 46.0 Å². The first kappa shape index (κ1) is 17.5. The number of benzene rings is 1. The maximum absolute atomic E-state index is 11.1. The Bertz CT molecular complexity index is 541. The molecule has 0 saturated carbocycles. The molecule has 21 heavy (non-hydrogen) atoms. The molecule has 0 spiro atoms. The number of aliphatic imine (C=N–C) groups is 1. The molecule has 0 aromatic heterocycles. The second kappa shape index (κ2) is 8.67. The van der Waals surface area contributed by atoms with Gasteiger partial charge in [0.15, 0.2) is 5.96 Å². The van der Waals surface area contributed by atoms with Crippen molar-refractivity contribution in [3.63, 3.8) is 0 Å². The molecule has 1 aromatic rings. The van der Waals surface area contributed by atoms with Crippen LogP contribution in [0.5, 0.6) is 0 Å². The van der Waals surface area contributed by atoms with Gasteiger partial charge in [0.1, 0.15) is 9.84 Å². The summed E-state index contributed by atoms with van der Waals surface area (Å²) >= 11 is 0. The molecule has 0 radical (unpaired) electrons. The zero-order valence-electron chi connectivity index (χ0n) is 13.0. The Morgan fingerprint density at radius 1 is 1.29 bits per heavy atom. The summed E-state index contributed by atoms with van der Waals surface area (Å²) in [4.78, 5) is 4.15. The molecule has 0 aliphatic carbocycles. The van der Waals surface area contributed by atoms with Crippen LogP contribution in [-0.2, 0) is 16.3 Å². The summed E-state index contributed by atoms with van der Waals surface area (Å²) in [5, 5.41) is 6.44. The lowest BCUT2D eigenvalue weighted by Crippen LogP contribution is -2.43. The number of hydrogen-bond acceptors (Lipinski definition) is 3. The Morgan fingerprint density at radius 2 is 1.95 bits per heavy atom. The van der Waals surface area contributed by atoms with Crippen LogP contribution in [0.2, 0.25) is 0 Å². The standard InChI is InChI=1S/C15H25N3O2S/c1-13(10-12-21(3,19)20)18-15(16-2)17-11-9-14-7-5-4-6-8-14/h4-8,13H,9-12H2,1-3H3,(H2,16,17,18). The van der Waals surface area contributed by atoms with Crippen LogP contribution >= 0.6 is 0 Å². The van der Waals surface area contributed by atoms with Crippen molar-refractivity contribution in [3.05, 3.63) is 35.9 Å². The van der Waals surface area contributed by atoms with Crippen molar-refractivity contribution >= 4 is 15.8 Å². The quantitative estimate of drug-likeness (QED) is 0.587. The average Bonchev–Trinajstić information content (AvgIpc) is 2.44. The van der Waals surface area contributed by atoms with E-state index in [0.29, 0.717) is 12.4 Å². The van der Waals surface area contributed by atoms with Gasteiger partial charge < -0.3 is 10.6 Å². The summed E-state index contributed by atoms with van der Waals surface area (Å²) in [6.45, 7) is 2.73. The van der Waals surface area contributed by atoms with Gasteiger partial charge in [-0.25, -0.2) is 8.42 Å². The van der Waals surface area contributed by atoms with Gasteiger partial charge in [0.05, 0.1) is 5.75 Å². The minimum absolute atomic E-state index is 0.0580. The molecule has 0 bridgehead atoms. The van der Waals surface area contributed by atoms with E-state index < -0.39 is 9.84 Å². The summed E-state index contributed by atoms with van der Waals surface area (Å²) in [7, 11) is -1.21. The van der Waals surface area contributed by atoms with Crippen molar-refractivity contribution in [2.24, 2.45) is 4.99 Å². The molecular weight excluding hydrogens is 286 g/mol. The molecule has 6 heteroatoms. The number of nitrogens with one attached hydrogen (secondary N) is 2. The number of hydrogen-bond donors (Lipinski definition) is 2. The van der Waals surface area contributed by atoms with E-state index in [4.69, 9.17) is 0 Å². The summed E-state index contributed by atoms with van der Waals surface area (Å²) in [5.41, 5.74) is 1.27. The number of rotatable bonds is 7. The lowest BCUT2D eigenvalue weighted by Gasteiger charge is -2.17. The number of nitrogens with zero attached hydrogens (tertiary/aromatic N) is 1. The van der Waals surface area contributed by atoms with Gasteiger partial charge >= 0.3 is 0 Å². The highest BCUT2D eigenvalue weighted by molar-refractivity contribution is 7.90. The van der Waals surface area contributed by atoms with Crippen molar-refractivity contribution in [2.45, 2.75) is 25.8 Å². The van der Waals surface area contributed by atoms with E-state index in [1.807, 2.05) is 25.1 Å². The molecule has 0 amide bonds. The van der Waals surface area contributed by atoms with Crippen LogP contribution in [0.4, 0.5) is 0 Å². The fourth-order valence-electron chi connectivity index (χ4n) is 1.86. The van der Waals surface area contributed by atoms with Crippen molar-refractivity contribution in [1.29, 1.82) is 0 Å². The zero-order chi connectivity index (χ0) is 15.7. The van der Waals surface area contributed by atoms with Gasteiger partial charge in [0.25, 0.3) is 0 Å². The topological polar surface area (TPSA) is 70.6 Å². The molecule has 1 atom stereocenters. The molecule has 0 heterocycles. The van der Waals surface area contributed by atoms with Gasteiger partial charge in [0.2, 0.25) is 0 Å². The SMILES string of the molecule is CN=C(NCCc1ccccc1)NC(C)CCS(C)(=O)=O. The molecule has 1 aromatic carbocycles. The van der Waals surface area contributed by atoms with Crippen molar-refractivity contribution in [1.82, 2.24) is 10.6 Å². The molecular formula is C15H25N3O2S. The van der Waals surface area contributed by atoms with Crippen LogP contribution < -0.4 is 10.6 Å². The van der Waals surface area contributed by atoms with Crippen molar-refractivity contribution in [2.75, 3.05) is 25.6 Å². The van der Waals surface area contributed by atoms with Gasteiger partial charge in [-0.1, -0.05) is 30.3 Å². The van der Waals surface area contributed by atoms with Crippen LogP contribution in [0, 0.1) is 0 Å². The summed E-state index contributed by atoms with van der Waals surface area (Å²) in [6.07, 6.45) is 2.74. The highest BCUT2D eigenvalue weighted by atomic mass is 32.2. The van der Waals surface area contributed by atoms with Crippen LogP contribution in [0.25, 0.3) is 0 Å². The molecule has 0 fully saturated rings. The van der Waals surface area contributed by atoms with E-state index in [1.54, 1.807) is 7.05 Å². The third-order valence-electron chi connectivity index (χ3n) is 3.08. The molecule has 1 unspecified atom stereocenters. The predicted octanol–water partition coefficient (Wildman–Crippen LogP) is 1.22.